The van der Waals surface area contributed by atoms with Crippen LogP contribution in [0.2, 0.25) is 0 Å². The van der Waals surface area contributed by atoms with Gasteiger partial charge in [0.05, 0.1) is 37.3 Å². The molecule has 1 saturated heterocycles. The van der Waals surface area contributed by atoms with E-state index in [9.17, 15) is 14.3 Å². The number of thiazole rings is 1. The lowest BCUT2D eigenvalue weighted by Crippen LogP contribution is -2.26. The summed E-state index contributed by atoms with van der Waals surface area (Å²) >= 11 is 1.45. The Morgan fingerprint density at radius 1 is 1.19 bits per heavy atom. The second-order valence-electron chi connectivity index (χ2n) is 7.29. The summed E-state index contributed by atoms with van der Waals surface area (Å²) in [7, 11) is 0. The van der Waals surface area contributed by atoms with Gasteiger partial charge in [-0.1, -0.05) is 29.5 Å². The molecule has 0 radical (unpaired) electrons. The van der Waals surface area contributed by atoms with Crippen molar-refractivity contribution in [2.45, 2.75) is 19.3 Å². The summed E-state index contributed by atoms with van der Waals surface area (Å²) < 4.78 is 21.9. The van der Waals surface area contributed by atoms with Crippen LogP contribution >= 0.6 is 11.3 Å². The lowest BCUT2D eigenvalue weighted by Gasteiger charge is -2.14. The first-order chi connectivity index (χ1) is 15.6. The smallest absolute Gasteiger partial charge is 0.414 e. The van der Waals surface area contributed by atoms with Gasteiger partial charge >= 0.3 is 6.09 Å². The molecule has 2 aromatic heterocycles. The van der Waals surface area contributed by atoms with Gasteiger partial charge in [-0.15, -0.1) is 16.4 Å². The van der Waals surface area contributed by atoms with Gasteiger partial charge < -0.3 is 9.84 Å². The number of hydrogen-bond donors (Lipinski definition) is 1. The van der Waals surface area contributed by atoms with Gasteiger partial charge in [0.25, 0.3) is 0 Å². The molecule has 32 heavy (non-hydrogen) atoms. The second-order valence-corrected chi connectivity index (χ2v) is 8.14. The number of hydrogen-bond acceptors (Lipinski definition) is 7. The van der Waals surface area contributed by atoms with Crippen LogP contribution in [0.15, 0.2) is 60.2 Å². The number of aliphatic hydroxyl groups is 1. The van der Waals surface area contributed by atoms with Crippen molar-refractivity contribution in [1.29, 1.82) is 0 Å². The molecule has 1 fully saturated rings. The van der Waals surface area contributed by atoms with Crippen LogP contribution in [0, 0.1) is 5.82 Å². The molecule has 3 heterocycles. The fraction of sp³-hybridized carbons (Fsp3) is 0.182. The van der Waals surface area contributed by atoms with E-state index in [0.29, 0.717) is 35.6 Å². The predicted molar refractivity (Wildman–Crippen MR) is 117 cm³/mol. The number of rotatable bonds is 6. The molecule has 0 saturated carbocycles. The third-order valence-electron chi connectivity index (χ3n) is 5.16. The van der Waals surface area contributed by atoms with Gasteiger partial charge in [-0.25, -0.2) is 18.9 Å². The Balaban J connectivity index is 1.32. The summed E-state index contributed by atoms with van der Waals surface area (Å²) in [6.07, 6.45) is 2.34. The first kappa shape index (κ1) is 20.3. The fourth-order valence-corrected chi connectivity index (χ4v) is 4.39. The van der Waals surface area contributed by atoms with Gasteiger partial charge in [0, 0.05) is 22.7 Å². The van der Waals surface area contributed by atoms with Crippen LogP contribution < -0.4 is 4.90 Å². The number of aliphatic hydroxyl groups excluding tert-OH is 1. The Hall–Kier alpha value is -3.63. The summed E-state index contributed by atoms with van der Waals surface area (Å²) in [5.41, 5.74) is 3.11. The molecule has 2 aromatic carbocycles. The molecule has 1 N–H and O–H groups in total. The number of carbonyl (C=O) groups is 1. The van der Waals surface area contributed by atoms with Crippen molar-refractivity contribution in [2.24, 2.45) is 0 Å². The Labute approximate surface area is 186 Å². The fourth-order valence-electron chi connectivity index (χ4n) is 3.58. The van der Waals surface area contributed by atoms with Gasteiger partial charge in [-0.3, -0.25) is 4.90 Å². The van der Waals surface area contributed by atoms with E-state index in [1.165, 1.54) is 22.3 Å². The zero-order valence-electron chi connectivity index (χ0n) is 16.8. The lowest BCUT2D eigenvalue weighted by atomic mass is 10.0. The van der Waals surface area contributed by atoms with E-state index in [2.05, 4.69) is 15.3 Å². The number of halogens is 1. The Morgan fingerprint density at radius 2 is 2.00 bits per heavy atom. The van der Waals surface area contributed by atoms with Gasteiger partial charge in [-0.2, -0.15) is 0 Å². The molecule has 1 atom stereocenters. The molecule has 0 aliphatic carbocycles. The van der Waals surface area contributed by atoms with Crippen LogP contribution in [0.5, 0.6) is 0 Å². The quantitative estimate of drug-likeness (QED) is 0.480. The molecule has 0 bridgehead atoms. The number of carbonyl (C=O) groups excluding carboxylic acids is 1. The Bertz CT molecular complexity index is 1240. The van der Waals surface area contributed by atoms with E-state index in [-0.39, 0.29) is 6.61 Å². The lowest BCUT2D eigenvalue weighted by molar-refractivity contribution is 0.129. The highest BCUT2D eigenvalue weighted by molar-refractivity contribution is 7.13. The largest absolute Gasteiger partial charge is 0.442 e. The molecule has 10 heteroatoms. The van der Waals surface area contributed by atoms with Crippen LogP contribution in [0.25, 0.3) is 21.7 Å². The van der Waals surface area contributed by atoms with Gasteiger partial charge in [0.15, 0.2) is 0 Å². The molecule has 5 rings (SSSR count). The van der Waals surface area contributed by atoms with Crippen molar-refractivity contribution in [3.8, 4) is 21.7 Å². The minimum Gasteiger partial charge on any atom is -0.442 e. The molecular formula is C22H18FN5O3S. The summed E-state index contributed by atoms with van der Waals surface area (Å²) in [5.74, 6) is -0.431. The van der Waals surface area contributed by atoms with Gasteiger partial charge in [0.2, 0.25) is 0 Å². The van der Waals surface area contributed by atoms with E-state index in [4.69, 9.17) is 4.74 Å². The summed E-state index contributed by atoms with van der Waals surface area (Å²) in [4.78, 5) is 18.1. The predicted octanol–water partition coefficient (Wildman–Crippen LogP) is 3.73. The first-order valence-corrected chi connectivity index (χ1v) is 10.8. The van der Waals surface area contributed by atoms with Crippen molar-refractivity contribution in [1.82, 2.24) is 20.0 Å². The van der Waals surface area contributed by atoms with E-state index < -0.39 is 18.0 Å². The molecule has 4 aromatic rings. The van der Waals surface area contributed by atoms with E-state index in [0.717, 1.165) is 10.6 Å². The average Bonchev–Trinajstić information content (AvgIpc) is 3.56. The van der Waals surface area contributed by atoms with Crippen molar-refractivity contribution in [3.63, 3.8) is 0 Å². The monoisotopic (exact) mass is 451 g/mol. The number of anilines is 1. The minimum absolute atomic E-state index is 0.0993. The van der Waals surface area contributed by atoms with Crippen LogP contribution in [-0.2, 0) is 17.9 Å². The molecule has 0 unspecified atom stereocenters. The molecule has 1 aliphatic rings. The number of cyclic esters (lactones) is 1. The molecule has 0 spiro atoms. The Kier molecular flexibility index (Phi) is 5.38. The third-order valence-corrected chi connectivity index (χ3v) is 6.10. The summed E-state index contributed by atoms with van der Waals surface area (Å²) in [5, 5.41) is 19.4. The van der Waals surface area contributed by atoms with E-state index >= 15 is 0 Å². The molecule has 8 nitrogen and oxygen atoms in total. The van der Waals surface area contributed by atoms with Crippen LogP contribution in [0.4, 0.5) is 14.9 Å². The summed E-state index contributed by atoms with van der Waals surface area (Å²) in [6, 6.07) is 12.1. The summed E-state index contributed by atoms with van der Waals surface area (Å²) in [6.45, 7) is 0.585. The first-order valence-electron chi connectivity index (χ1n) is 9.88. The standard InChI is InChI=1S/C22H18FN5O3S/c23-20-9-17(28-11-18(31-22(28)30)10-27-8-7-24-26-27)5-6-19(20)14-1-3-15(4-2-14)21-25-16(12-29)13-32-21/h1-9,13,18,29H,10-12H2/t18-/m0/s1. The number of amides is 1. The van der Waals surface area contributed by atoms with Crippen LogP contribution in [0.1, 0.15) is 5.69 Å². The van der Waals surface area contributed by atoms with Crippen molar-refractivity contribution < 1.29 is 19.0 Å². The maximum atomic E-state index is 15.0. The highest BCUT2D eigenvalue weighted by Crippen LogP contribution is 2.31. The zero-order chi connectivity index (χ0) is 22.1. The molecule has 162 valence electrons. The van der Waals surface area contributed by atoms with Crippen LogP contribution in [0.3, 0.4) is 0 Å². The number of benzene rings is 2. The minimum atomic E-state index is -0.516. The maximum Gasteiger partial charge on any atom is 0.414 e. The molecule has 1 aliphatic heterocycles. The maximum absolute atomic E-state index is 15.0. The molecular weight excluding hydrogens is 433 g/mol. The van der Waals surface area contributed by atoms with Gasteiger partial charge in [-0.05, 0) is 23.8 Å². The Morgan fingerprint density at radius 3 is 2.69 bits per heavy atom. The topological polar surface area (TPSA) is 93.4 Å². The SMILES string of the molecule is O=C1O[C@@H](Cn2ccnn2)CN1c1ccc(-c2ccc(-c3nc(CO)cs3)cc2)c(F)c1. The highest BCUT2D eigenvalue weighted by atomic mass is 32.1. The van der Waals surface area contributed by atoms with Gasteiger partial charge in [0.1, 0.15) is 16.9 Å². The number of ether oxygens (including phenoxy) is 1. The number of nitrogens with zero attached hydrogens (tertiary/aromatic N) is 5. The molecule has 1 amide bonds. The van der Waals surface area contributed by atoms with E-state index in [1.807, 2.05) is 29.6 Å². The number of aromatic nitrogens is 4. The van der Waals surface area contributed by atoms with E-state index in [1.54, 1.807) is 29.2 Å². The van der Waals surface area contributed by atoms with Crippen molar-refractivity contribution >= 4 is 23.1 Å². The second kappa shape index (κ2) is 8.48. The normalized spacial score (nSPS) is 15.9. The van der Waals surface area contributed by atoms with Crippen molar-refractivity contribution in [3.05, 3.63) is 71.7 Å². The van der Waals surface area contributed by atoms with Crippen molar-refractivity contribution in [2.75, 3.05) is 11.4 Å². The van der Waals surface area contributed by atoms with Crippen LogP contribution in [-0.4, -0.2) is 43.8 Å². The highest BCUT2D eigenvalue weighted by Gasteiger charge is 2.33. The average molecular weight is 451 g/mol. The third kappa shape index (κ3) is 3.97. The zero-order valence-corrected chi connectivity index (χ0v) is 17.6.